The van der Waals surface area contributed by atoms with Crippen molar-refractivity contribution >= 4 is 11.9 Å². The zero-order valence-electron chi connectivity index (χ0n) is 13.9. The molecule has 6 nitrogen and oxygen atoms in total. The van der Waals surface area contributed by atoms with Gasteiger partial charge >= 0.3 is 11.9 Å². The van der Waals surface area contributed by atoms with E-state index in [1.807, 2.05) is 0 Å². The molecule has 1 saturated heterocycles. The van der Waals surface area contributed by atoms with Crippen molar-refractivity contribution in [2.45, 2.75) is 31.2 Å². The lowest BCUT2D eigenvalue weighted by atomic mass is 9.81. The van der Waals surface area contributed by atoms with Crippen LogP contribution in [0, 0.1) is 17.8 Å². The third-order valence-electron chi connectivity index (χ3n) is 5.51. The summed E-state index contributed by atoms with van der Waals surface area (Å²) < 4.78 is 11.0. The lowest BCUT2D eigenvalue weighted by molar-refractivity contribution is -0.148. The van der Waals surface area contributed by atoms with Gasteiger partial charge in [-0.1, -0.05) is 31.9 Å². The molecule has 3 aliphatic rings. The highest BCUT2D eigenvalue weighted by atomic mass is 16.6. The molecule has 6 atom stereocenters. The van der Waals surface area contributed by atoms with Crippen LogP contribution in [0.3, 0.4) is 0 Å². The van der Waals surface area contributed by atoms with Crippen molar-refractivity contribution in [2.75, 3.05) is 6.61 Å². The van der Waals surface area contributed by atoms with E-state index in [1.165, 1.54) is 0 Å². The van der Waals surface area contributed by atoms with Crippen molar-refractivity contribution in [1.82, 2.24) is 0 Å². The van der Waals surface area contributed by atoms with Gasteiger partial charge in [0.25, 0.3) is 0 Å². The quantitative estimate of drug-likeness (QED) is 0.451. The van der Waals surface area contributed by atoms with Crippen LogP contribution < -0.4 is 0 Å². The summed E-state index contributed by atoms with van der Waals surface area (Å²) in [5, 5.41) is 19.2. The van der Waals surface area contributed by atoms with Crippen LogP contribution in [-0.4, -0.2) is 47.1 Å². The van der Waals surface area contributed by atoms with E-state index in [4.69, 9.17) is 14.6 Å². The summed E-state index contributed by atoms with van der Waals surface area (Å²) in [6.07, 6.45) is -1.19. The van der Waals surface area contributed by atoms with Gasteiger partial charge in [0.1, 0.15) is 12.2 Å². The highest BCUT2D eigenvalue weighted by molar-refractivity contribution is 5.92. The second-order valence-corrected chi connectivity index (χ2v) is 6.95. The van der Waals surface area contributed by atoms with Crippen LogP contribution in [0.2, 0.25) is 0 Å². The first-order chi connectivity index (χ1) is 11.8. The maximum Gasteiger partial charge on any atom is 0.336 e. The topological polar surface area (TPSA) is 93.1 Å². The fraction of sp³-hybridized carbons (Fsp3) is 0.474. The molecular formula is C19H22O6. The van der Waals surface area contributed by atoms with Crippen molar-refractivity contribution in [2.24, 2.45) is 17.8 Å². The number of carbonyl (C=O) groups is 2. The molecule has 6 heteroatoms. The monoisotopic (exact) mass is 346 g/mol. The summed E-state index contributed by atoms with van der Waals surface area (Å²) in [5.41, 5.74) is 1.59. The largest absolute Gasteiger partial charge is 0.458 e. The Kier molecular flexibility index (Phi) is 4.43. The van der Waals surface area contributed by atoms with Crippen molar-refractivity contribution in [1.29, 1.82) is 0 Å². The molecule has 1 heterocycles. The first-order valence-electron chi connectivity index (χ1n) is 8.20. The summed E-state index contributed by atoms with van der Waals surface area (Å²) in [4.78, 5) is 24.2. The van der Waals surface area contributed by atoms with Gasteiger partial charge < -0.3 is 19.7 Å². The number of hydrogen-bond donors (Lipinski definition) is 2. The number of rotatable bonds is 3. The third kappa shape index (κ3) is 2.75. The van der Waals surface area contributed by atoms with E-state index in [9.17, 15) is 14.7 Å². The van der Waals surface area contributed by atoms with Gasteiger partial charge in [0.15, 0.2) is 0 Å². The molecule has 0 bridgehead atoms. The lowest BCUT2D eigenvalue weighted by Gasteiger charge is -2.28. The predicted octanol–water partition coefficient (Wildman–Crippen LogP) is 1.06. The van der Waals surface area contributed by atoms with E-state index in [-0.39, 0.29) is 23.0 Å². The van der Waals surface area contributed by atoms with Gasteiger partial charge in [-0.25, -0.2) is 9.59 Å². The highest BCUT2D eigenvalue weighted by Gasteiger charge is 2.56. The van der Waals surface area contributed by atoms with Crippen LogP contribution in [0.4, 0.5) is 0 Å². The van der Waals surface area contributed by atoms with Crippen LogP contribution in [0.15, 0.2) is 48.6 Å². The van der Waals surface area contributed by atoms with E-state index in [0.29, 0.717) is 18.4 Å². The minimum atomic E-state index is -0.725. The van der Waals surface area contributed by atoms with Crippen molar-refractivity contribution in [3.8, 4) is 0 Å². The number of aliphatic hydroxyl groups excluding tert-OH is 2. The van der Waals surface area contributed by atoms with Crippen molar-refractivity contribution in [3.63, 3.8) is 0 Å². The number of fused-ring (bicyclic) bond motifs is 3. The number of esters is 2. The molecule has 0 amide bonds. The van der Waals surface area contributed by atoms with Crippen molar-refractivity contribution < 1.29 is 29.3 Å². The zero-order valence-corrected chi connectivity index (χ0v) is 13.9. The molecule has 134 valence electrons. The molecule has 25 heavy (non-hydrogen) atoms. The number of hydrogen-bond acceptors (Lipinski definition) is 6. The molecule has 2 N–H and O–H groups in total. The molecule has 0 aromatic rings. The van der Waals surface area contributed by atoms with Crippen LogP contribution in [0.25, 0.3) is 0 Å². The summed E-state index contributed by atoms with van der Waals surface area (Å²) in [6.45, 7) is 14.8. The summed E-state index contributed by atoms with van der Waals surface area (Å²) in [5.74, 6) is -2.18. The number of aliphatic hydroxyl groups is 2. The Morgan fingerprint density at radius 3 is 2.60 bits per heavy atom. The van der Waals surface area contributed by atoms with Crippen molar-refractivity contribution in [3.05, 3.63) is 48.6 Å². The van der Waals surface area contributed by atoms with Gasteiger partial charge in [0, 0.05) is 17.9 Å². The molecule has 0 spiro atoms. The Hall–Kier alpha value is -2.18. The average Bonchev–Trinajstić information content (AvgIpc) is 2.99. The summed E-state index contributed by atoms with van der Waals surface area (Å²) >= 11 is 0. The molecule has 2 saturated carbocycles. The molecule has 2 aliphatic carbocycles. The normalized spacial score (nSPS) is 37.2. The van der Waals surface area contributed by atoms with E-state index in [1.54, 1.807) is 0 Å². The fourth-order valence-electron chi connectivity index (χ4n) is 4.16. The van der Waals surface area contributed by atoms with E-state index in [2.05, 4.69) is 26.3 Å². The molecule has 0 aromatic heterocycles. The van der Waals surface area contributed by atoms with E-state index >= 15 is 0 Å². The lowest BCUT2D eigenvalue weighted by Crippen LogP contribution is -2.36. The van der Waals surface area contributed by atoms with Crippen LogP contribution in [0.1, 0.15) is 12.8 Å². The SMILES string of the molecule is C=C(CO)C(=O)OC1CC(=C)[C@@H]2CC(O)C(=C)[C@@H]2[C@H]2OC(=O)C(=C)C12. The van der Waals surface area contributed by atoms with Gasteiger partial charge in [-0.05, 0) is 17.9 Å². The van der Waals surface area contributed by atoms with E-state index in [0.717, 1.165) is 5.57 Å². The Morgan fingerprint density at radius 1 is 1.28 bits per heavy atom. The van der Waals surface area contributed by atoms with Crippen LogP contribution >= 0.6 is 0 Å². The van der Waals surface area contributed by atoms with Crippen LogP contribution in [-0.2, 0) is 19.1 Å². The van der Waals surface area contributed by atoms with Gasteiger partial charge in [0.05, 0.1) is 24.2 Å². The fourth-order valence-corrected chi connectivity index (χ4v) is 4.16. The van der Waals surface area contributed by atoms with Gasteiger partial charge in [-0.3, -0.25) is 0 Å². The highest BCUT2D eigenvalue weighted by Crippen LogP contribution is 2.52. The third-order valence-corrected chi connectivity index (χ3v) is 5.51. The Morgan fingerprint density at radius 2 is 1.96 bits per heavy atom. The smallest absolute Gasteiger partial charge is 0.336 e. The molecule has 0 aromatic carbocycles. The predicted molar refractivity (Wildman–Crippen MR) is 89.1 cm³/mol. The molecule has 3 rings (SSSR count). The summed E-state index contributed by atoms with van der Waals surface area (Å²) in [7, 11) is 0. The number of carbonyl (C=O) groups excluding carboxylic acids is 2. The van der Waals surface area contributed by atoms with Crippen LogP contribution in [0.5, 0.6) is 0 Å². The van der Waals surface area contributed by atoms with Gasteiger partial charge in [-0.15, -0.1) is 0 Å². The average molecular weight is 346 g/mol. The Labute approximate surface area is 146 Å². The molecule has 3 unspecified atom stereocenters. The second-order valence-electron chi connectivity index (χ2n) is 6.95. The molecule has 1 aliphatic heterocycles. The maximum atomic E-state index is 12.1. The Bertz CT molecular complexity index is 690. The Balaban J connectivity index is 1.96. The van der Waals surface area contributed by atoms with E-state index < -0.39 is 42.8 Å². The maximum absolute atomic E-state index is 12.1. The minimum absolute atomic E-state index is 0.0673. The molecule has 0 radical (unpaired) electrons. The molecular weight excluding hydrogens is 324 g/mol. The van der Waals surface area contributed by atoms with Gasteiger partial charge in [-0.2, -0.15) is 0 Å². The minimum Gasteiger partial charge on any atom is -0.458 e. The first-order valence-corrected chi connectivity index (χ1v) is 8.20. The molecule has 3 fully saturated rings. The standard InChI is InChI=1S/C19H22O6/c1-8-5-14(24-18(22)9(2)7-20)16-11(4)19(23)25-17(16)15-10(3)13(21)6-12(8)15/h12-17,20-21H,1-7H2/t12-,13?,14?,15-,16?,17+/m0/s1. The van der Waals surface area contributed by atoms with Gasteiger partial charge in [0.2, 0.25) is 0 Å². The zero-order chi connectivity index (χ0) is 18.5. The second kappa shape index (κ2) is 6.28. The first kappa shape index (κ1) is 17.6. The number of ether oxygens (including phenoxy) is 2. The summed E-state index contributed by atoms with van der Waals surface area (Å²) in [6, 6.07) is 0.